The lowest BCUT2D eigenvalue weighted by molar-refractivity contribution is 0.302. The van der Waals surface area contributed by atoms with E-state index in [1.807, 2.05) is 0 Å². The van der Waals surface area contributed by atoms with Crippen LogP contribution in [-0.4, -0.2) is 6.61 Å². The Morgan fingerprint density at radius 1 is 1.12 bits per heavy atom. The van der Waals surface area contributed by atoms with Crippen LogP contribution in [0.1, 0.15) is 50.2 Å². The molecule has 0 unspecified atom stereocenters. The molecule has 0 saturated heterocycles. The highest BCUT2D eigenvalue weighted by atomic mass is 16.5. The Kier molecular flexibility index (Phi) is 6.71. The SMILES string of the molecule is CCCCCCCOc1cc(CN)ccc1C. The number of ether oxygens (including phenoxy) is 1. The fraction of sp³-hybridized carbons (Fsp3) is 0.600. The van der Waals surface area contributed by atoms with Gasteiger partial charge in [0.05, 0.1) is 6.61 Å². The average Bonchev–Trinajstić information content (AvgIpc) is 2.35. The molecule has 0 atom stereocenters. The van der Waals surface area contributed by atoms with Gasteiger partial charge in [-0.25, -0.2) is 0 Å². The van der Waals surface area contributed by atoms with Crippen LogP contribution >= 0.6 is 0 Å². The largest absolute Gasteiger partial charge is 0.493 e. The Morgan fingerprint density at radius 2 is 1.88 bits per heavy atom. The predicted octanol–water partition coefficient (Wildman–Crippen LogP) is 3.80. The van der Waals surface area contributed by atoms with Crippen LogP contribution in [-0.2, 0) is 6.54 Å². The minimum Gasteiger partial charge on any atom is -0.493 e. The number of hydrogen-bond donors (Lipinski definition) is 1. The van der Waals surface area contributed by atoms with E-state index >= 15 is 0 Å². The van der Waals surface area contributed by atoms with E-state index in [0.29, 0.717) is 6.54 Å². The molecule has 17 heavy (non-hydrogen) atoms. The lowest BCUT2D eigenvalue weighted by Crippen LogP contribution is -2.01. The summed E-state index contributed by atoms with van der Waals surface area (Å²) < 4.78 is 5.80. The third kappa shape index (κ3) is 5.22. The Labute approximate surface area is 105 Å². The number of aryl methyl sites for hydroxylation is 1. The van der Waals surface area contributed by atoms with Crippen molar-refractivity contribution >= 4 is 0 Å². The first kappa shape index (κ1) is 14.0. The molecular formula is C15H25NO. The first-order chi connectivity index (χ1) is 8.27. The van der Waals surface area contributed by atoms with E-state index in [-0.39, 0.29) is 0 Å². The molecule has 1 aromatic rings. The summed E-state index contributed by atoms with van der Waals surface area (Å²) in [6.45, 7) is 5.70. The van der Waals surface area contributed by atoms with Crippen molar-refractivity contribution in [3.63, 3.8) is 0 Å². The Hall–Kier alpha value is -1.02. The highest BCUT2D eigenvalue weighted by Crippen LogP contribution is 2.19. The van der Waals surface area contributed by atoms with E-state index in [1.165, 1.54) is 31.2 Å². The van der Waals surface area contributed by atoms with E-state index in [2.05, 4.69) is 32.0 Å². The number of unbranched alkanes of at least 4 members (excludes halogenated alkanes) is 4. The second-order valence-corrected chi connectivity index (χ2v) is 4.57. The zero-order valence-electron chi connectivity index (χ0n) is 11.2. The molecule has 0 spiro atoms. The quantitative estimate of drug-likeness (QED) is 0.695. The molecule has 0 bridgehead atoms. The van der Waals surface area contributed by atoms with Crippen LogP contribution < -0.4 is 10.5 Å². The van der Waals surface area contributed by atoms with E-state index in [9.17, 15) is 0 Å². The zero-order chi connectivity index (χ0) is 12.5. The van der Waals surface area contributed by atoms with E-state index in [4.69, 9.17) is 10.5 Å². The van der Waals surface area contributed by atoms with Gasteiger partial charge >= 0.3 is 0 Å². The van der Waals surface area contributed by atoms with Crippen LogP contribution in [0.5, 0.6) is 5.75 Å². The molecule has 0 saturated carbocycles. The first-order valence-electron chi connectivity index (χ1n) is 6.70. The van der Waals surface area contributed by atoms with Crippen LogP contribution in [0.25, 0.3) is 0 Å². The molecule has 0 heterocycles. The number of nitrogens with two attached hydrogens (primary N) is 1. The standard InChI is InChI=1S/C15H25NO/c1-3-4-5-6-7-10-17-15-11-14(12-16)9-8-13(15)2/h8-9,11H,3-7,10,12,16H2,1-2H3. The summed E-state index contributed by atoms with van der Waals surface area (Å²) in [6, 6.07) is 6.19. The van der Waals surface area contributed by atoms with Gasteiger partial charge in [-0.3, -0.25) is 0 Å². The van der Waals surface area contributed by atoms with Crippen LogP contribution in [0.3, 0.4) is 0 Å². The van der Waals surface area contributed by atoms with E-state index < -0.39 is 0 Å². The third-order valence-electron chi connectivity index (χ3n) is 2.99. The molecule has 0 aliphatic carbocycles. The summed E-state index contributed by atoms with van der Waals surface area (Å²) in [5.74, 6) is 0.989. The normalized spacial score (nSPS) is 10.5. The minimum absolute atomic E-state index is 0.577. The summed E-state index contributed by atoms with van der Waals surface area (Å²) >= 11 is 0. The lowest BCUT2D eigenvalue weighted by atomic mass is 10.1. The topological polar surface area (TPSA) is 35.2 Å². The maximum atomic E-state index is 5.80. The van der Waals surface area contributed by atoms with Gasteiger partial charge in [-0.2, -0.15) is 0 Å². The van der Waals surface area contributed by atoms with Gasteiger partial charge in [-0.05, 0) is 30.5 Å². The van der Waals surface area contributed by atoms with Gasteiger partial charge < -0.3 is 10.5 Å². The summed E-state index contributed by atoms with van der Waals surface area (Å²) in [4.78, 5) is 0. The summed E-state index contributed by atoms with van der Waals surface area (Å²) in [6.07, 6.45) is 6.36. The molecular weight excluding hydrogens is 210 g/mol. The first-order valence-corrected chi connectivity index (χ1v) is 6.70. The smallest absolute Gasteiger partial charge is 0.122 e. The predicted molar refractivity (Wildman–Crippen MR) is 73.3 cm³/mol. The molecule has 0 fully saturated rings. The van der Waals surface area contributed by atoms with Crippen molar-refractivity contribution in [2.75, 3.05) is 6.61 Å². The van der Waals surface area contributed by atoms with Gasteiger partial charge in [0.25, 0.3) is 0 Å². The molecule has 0 aromatic heterocycles. The zero-order valence-corrected chi connectivity index (χ0v) is 11.2. The lowest BCUT2D eigenvalue weighted by Gasteiger charge is -2.10. The second kappa shape index (κ2) is 8.13. The van der Waals surface area contributed by atoms with Crippen molar-refractivity contribution in [2.45, 2.75) is 52.5 Å². The van der Waals surface area contributed by atoms with Crippen LogP contribution in [0.2, 0.25) is 0 Å². The van der Waals surface area contributed by atoms with Gasteiger partial charge in [-0.1, -0.05) is 44.7 Å². The molecule has 2 heteroatoms. The highest BCUT2D eigenvalue weighted by Gasteiger charge is 2.00. The Bertz CT molecular complexity index is 323. The molecule has 1 rings (SSSR count). The second-order valence-electron chi connectivity index (χ2n) is 4.57. The molecule has 0 aliphatic rings. The van der Waals surface area contributed by atoms with Crippen molar-refractivity contribution in [2.24, 2.45) is 5.73 Å². The van der Waals surface area contributed by atoms with Crippen molar-refractivity contribution in [1.82, 2.24) is 0 Å². The van der Waals surface area contributed by atoms with Crippen molar-refractivity contribution in [3.05, 3.63) is 29.3 Å². The summed E-state index contributed by atoms with van der Waals surface area (Å²) in [5, 5.41) is 0. The Morgan fingerprint density at radius 3 is 2.59 bits per heavy atom. The molecule has 2 N–H and O–H groups in total. The fourth-order valence-corrected chi connectivity index (χ4v) is 1.81. The van der Waals surface area contributed by atoms with Crippen molar-refractivity contribution < 1.29 is 4.74 Å². The van der Waals surface area contributed by atoms with Gasteiger partial charge in [0.15, 0.2) is 0 Å². The Balaban J connectivity index is 2.30. The van der Waals surface area contributed by atoms with Crippen LogP contribution in [0, 0.1) is 6.92 Å². The van der Waals surface area contributed by atoms with E-state index in [0.717, 1.165) is 24.3 Å². The summed E-state index contributed by atoms with van der Waals surface area (Å²) in [7, 11) is 0. The van der Waals surface area contributed by atoms with Crippen LogP contribution in [0.4, 0.5) is 0 Å². The van der Waals surface area contributed by atoms with Gasteiger partial charge in [0.1, 0.15) is 5.75 Å². The molecule has 1 aromatic carbocycles. The fourth-order valence-electron chi connectivity index (χ4n) is 1.81. The van der Waals surface area contributed by atoms with Crippen LogP contribution in [0.15, 0.2) is 18.2 Å². The maximum absolute atomic E-state index is 5.80. The minimum atomic E-state index is 0.577. The molecule has 0 radical (unpaired) electrons. The molecule has 0 aliphatic heterocycles. The van der Waals surface area contributed by atoms with Crippen molar-refractivity contribution in [3.8, 4) is 5.75 Å². The molecule has 96 valence electrons. The molecule has 2 nitrogen and oxygen atoms in total. The average molecular weight is 235 g/mol. The van der Waals surface area contributed by atoms with Gasteiger partial charge in [0, 0.05) is 6.54 Å². The van der Waals surface area contributed by atoms with Gasteiger partial charge in [-0.15, -0.1) is 0 Å². The number of benzene rings is 1. The number of hydrogen-bond acceptors (Lipinski definition) is 2. The van der Waals surface area contributed by atoms with Gasteiger partial charge in [0.2, 0.25) is 0 Å². The monoisotopic (exact) mass is 235 g/mol. The van der Waals surface area contributed by atoms with E-state index in [1.54, 1.807) is 0 Å². The number of rotatable bonds is 8. The molecule has 0 amide bonds. The summed E-state index contributed by atoms with van der Waals surface area (Å²) in [5.41, 5.74) is 7.95. The van der Waals surface area contributed by atoms with Crippen molar-refractivity contribution in [1.29, 1.82) is 0 Å². The third-order valence-corrected chi connectivity index (χ3v) is 2.99. The maximum Gasteiger partial charge on any atom is 0.122 e. The highest BCUT2D eigenvalue weighted by molar-refractivity contribution is 5.36.